The number of nitrogens with zero attached hydrogens (tertiary/aromatic N) is 2. The minimum absolute atomic E-state index is 0.219. The molecule has 0 saturated carbocycles. The van der Waals surface area contributed by atoms with Crippen molar-refractivity contribution >= 4 is 5.95 Å². The number of hydrogen-bond acceptors (Lipinski definition) is 5. The summed E-state index contributed by atoms with van der Waals surface area (Å²) in [5.41, 5.74) is 5.27. The van der Waals surface area contributed by atoms with E-state index in [1.165, 1.54) is 29.5 Å². The first kappa shape index (κ1) is 18.1. The van der Waals surface area contributed by atoms with Crippen LogP contribution in [0.25, 0.3) is 11.3 Å². The summed E-state index contributed by atoms with van der Waals surface area (Å²) >= 11 is 0. The molecular weight excluding hydrogens is 360 g/mol. The maximum atomic E-state index is 5.75. The topological polar surface area (TPSA) is 59.1 Å². The number of rotatable bonds is 5. The first-order chi connectivity index (χ1) is 14.3. The maximum Gasteiger partial charge on any atom is 0.223 e. The predicted octanol–water partition coefficient (Wildman–Crippen LogP) is 3.81. The second-order valence-electron chi connectivity index (χ2n) is 7.91. The van der Waals surface area contributed by atoms with Crippen molar-refractivity contribution in [2.45, 2.75) is 24.7 Å². The van der Waals surface area contributed by atoms with E-state index in [0.29, 0.717) is 19.1 Å². The normalized spacial score (nSPS) is 16.7. The van der Waals surface area contributed by atoms with Crippen LogP contribution in [-0.4, -0.2) is 36.2 Å². The molecule has 148 valence electrons. The van der Waals surface area contributed by atoms with Crippen LogP contribution in [0.1, 0.15) is 24.0 Å². The number of ether oxygens (including phenoxy) is 1. The van der Waals surface area contributed by atoms with Gasteiger partial charge in [0.2, 0.25) is 5.95 Å². The highest BCUT2D eigenvalue weighted by Crippen LogP contribution is 2.46. The van der Waals surface area contributed by atoms with E-state index < -0.39 is 0 Å². The predicted molar refractivity (Wildman–Crippen MR) is 115 cm³/mol. The minimum atomic E-state index is 0.219. The van der Waals surface area contributed by atoms with E-state index in [2.05, 4.69) is 39.9 Å². The average molecular weight is 386 g/mol. The van der Waals surface area contributed by atoms with Crippen molar-refractivity contribution in [2.24, 2.45) is 0 Å². The number of fused-ring (bicyclic) bond motifs is 4. The summed E-state index contributed by atoms with van der Waals surface area (Å²) in [5, 5.41) is 6.82. The van der Waals surface area contributed by atoms with Gasteiger partial charge in [-0.2, -0.15) is 0 Å². The lowest BCUT2D eigenvalue weighted by Gasteiger charge is -2.42. The third kappa shape index (κ3) is 3.58. The fraction of sp³-hybridized carbons (Fsp3) is 0.333. The highest BCUT2D eigenvalue weighted by atomic mass is 16.5. The van der Waals surface area contributed by atoms with Crippen LogP contribution in [0, 0.1) is 0 Å². The molecule has 1 aliphatic heterocycles. The summed E-state index contributed by atoms with van der Waals surface area (Å²) in [6, 6.07) is 18.6. The van der Waals surface area contributed by atoms with Crippen molar-refractivity contribution < 1.29 is 4.74 Å². The Labute approximate surface area is 171 Å². The molecule has 0 bridgehead atoms. The molecule has 2 N–H and O–H groups in total. The molecule has 5 heteroatoms. The number of anilines is 1. The Hall–Kier alpha value is -2.92. The van der Waals surface area contributed by atoms with E-state index in [1.54, 1.807) is 0 Å². The van der Waals surface area contributed by atoms with Crippen LogP contribution in [0.5, 0.6) is 5.75 Å². The summed E-state index contributed by atoms with van der Waals surface area (Å²) in [7, 11) is 0. The lowest BCUT2D eigenvalue weighted by atomic mass is 9.64. The van der Waals surface area contributed by atoms with Crippen LogP contribution < -0.4 is 15.4 Å². The molecule has 3 aromatic rings. The van der Waals surface area contributed by atoms with Crippen molar-refractivity contribution in [1.29, 1.82) is 0 Å². The number of aromatic nitrogens is 2. The maximum absolute atomic E-state index is 5.75. The number of nitrogens with one attached hydrogen (secondary N) is 2. The molecule has 5 nitrogen and oxygen atoms in total. The minimum Gasteiger partial charge on any atom is -0.492 e. The Kier molecular flexibility index (Phi) is 4.90. The van der Waals surface area contributed by atoms with Gasteiger partial charge in [-0.05, 0) is 55.6 Å². The van der Waals surface area contributed by atoms with Crippen molar-refractivity contribution in [2.75, 3.05) is 31.6 Å². The van der Waals surface area contributed by atoms with Crippen LogP contribution in [0.4, 0.5) is 5.95 Å². The third-order valence-corrected chi connectivity index (χ3v) is 6.10. The fourth-order valence-electron chi connectivity index (χ4n) is 4.67. The van der Waals surface area contributed by atoms with Crippen LogP contribution in [0.15, 0.2) is 60.8 Å². The Bertz CT molecular complexity index is 983. The first-order valence-electron chi connectivity index (χ1n) is 10.4. The van der Waals surface area contributed by atoms with E-state index in [0.717, 1.165) is 31.0 Å². The molecule has 1 aliphatic carbocycles. The fourth-order valence-corrected chi connectivity index (χ4v) is 4.67. The van der Waals surface area contributed by atoms with E-state index in [9.17, 15) is 0 Å². The number of para-hydroxylation sites is 1. The molecule has 1 spiro atoms. The molecule has 1 aromatic heterocycles. The van der Waals surface area contributed by atoms with E-state index in [4.69, 9.17) is 9.72 Å². The van der Waals surface area contributed by atoms with Gasteiger partial charge in [-0.15, -0.1) is 0 Å². The highest BCUT2D eigenvalue weighted by Gasteiger charge is 2.40. The molecule has 2 heterocycles. The molecule has 1 fully saturated rings. The zero-order valence-electron chi connectivity index (χ0n) is 16.5. The van der Waals surface area contributed by atoms with Crippen LogP contribution in [-0.2, 0) is 11.8 Å². The van der Waals surface area contributed by atoms with Gasteiger partial charge in [0.25, 0.3) is 0 Å². The zero-order chi connectivity index (χ0) is 19.5. The van der Waals surface area contributed by atoms with Crippen molar-refractivity contribution in [3.63, 3.8) is 0 Å². The Morgan fingerprint density at radius 3 is 2.66 bits per heavy atom. The van der Waals surface area contributed by atoms with Gasteiger partial charge >= 0.3 is 0 Å². The summed E-state index contributed by atoms with van der Waals surface area (Å²) in [6.45, 7) is 3.37. The van der Waals surface area contributed by atoms with Crippen molar-refractivity contribution in [1.82, 2.24) is 15.3 Å². The van der Waals surface area contributed by atoms with Gasteiger partial charge in [0.15, 0.2) is 0 Å². The average Bonchev–Trinajstić information content (AvgIpc) is 2.79. The summed E-state index contributed by atoms with van der Waals surface area (Å²) in [5.74, 6) is 1.54. The molecular formula is C24H26N4O. The molecule has 0 amide bonds. The Balaban J connectivity index is 1.34. The summed E-state index contributed by atoms with van der Waals surface area (Å²) < 4.78 is 5.75. The molecule has 2 aromatic carbocycles. The third-order valence-electron chi connectivity index (χ3n) is 6.10. The van der Waals surface area contributed by atoms with E-state index in [-0.39, 0.29) is 5.41 Å². The Morgan fingerprint density at radius 1 is 1.00 bits per heavy atom. The van der Waals surface area contributed by atoms with Crippen LogP contribution in [0.3, 0.4) is 0 Å². The second-order valence-corrected chi connectivity index (χ2v) is 7.91. The van der Waals surface area contributed by atoms with Crippen molar-refractivity contribution in [3.8, 4) is 17.0 Å². The largest absolute Gasteiger partial charge is 0.492 e. The van der Waals surface area contributed by atoms with Crippen molar-refractivity contribution in [3.05, 3.63) is 71.9 Å². The smallest absolute Gasteiger partial charge is 0.223 e. The molecule has 5 rings (SSSR count). The molecule has 0 unspecified atom stereocenters. The monoisotopic (exact) mass is 386 g/mol. The lowest BCUT2D eigenvalue weighted by molar-refractivity contribution is 0.302. The van der Waals surface area contributed by atoms with Gasteiger partial charge in [0, 0.05) is 17.2 Å². The lowest BCUT2D eigenvalue weighted by Crippen LogP contribution is -2.43. The molecule has 1 saturated heterocycles. The first-order valence-corrected chi connectivity index (χ1v) is 10.4. The van der Waals surface area contributed by atoms with Gasteiger partial charge in [-0.1, -0.05) is 42.5 Å². The Morgan fingerprint density at radius 2 is 1.79 bits per heavy atom. The van der Waals surface area contributed by atoms with Gasteiger partial charge < -0.3 is 15.4 Å². The standard InChI is InChI=1S/C24H26N4O/c1-2-6-19(7-3-1)29-15-14-26-23-27-17-18-16-24(10-12-25-13-11-24)21-9-5-4-8-20(21)22(18)28-23/h1-9,17,25H,10-16H2,(H,26,27,28). The van der Waals surface area contributed by atoms with Gasteiger partial charge in [0.1, 0.15) is 12.4 Å². The van der Waals surface area contributed by atoms with E-state index in [1.807, 2.05) is 36.5 Å². The quantitative estimate of drug-likeness (QED) is 0.653. The highest BCUT2D eigenvalue weighted by molar-refractivity contribution is 5.72. The molecule has 29 heavy (non-hydrogen) atoms. The number of benzene rings is 2. The summed E-state index contributed by atoms with van der Waals surface area (Å²) in [4.78, 5) is 9.48. The number of hydrogen-bond donors (Lipinski definition) is 2. The van der Waals surface area contributed by atoms with Crippen LogP contribution in [0.2, 0.25) is 0 Å². The second kappa shape index (κ2) is 7.84. The molecule has 0 atom stereocenters. The molecule has 0 radical (unpaired) electrons. The van der Waals surface area contributed by atoms with E-state index >= 15 is 0 Å². The SMILES string of the molecule is c1ccc(OCCNc2ncc3c(n2)-c2ccccc2C2(CCNCC2)C3)cc1. The van der Waals surface area contributed by atoms with Crippen LogP contribution >= 0.6 is 0 Å². The molecule has 2 aliphatic rings. The van der Waals surface area contributed by atoms with Gasteiger partial charge in [-0.3, -0.25) is 0 Å². The van der Waals surface area contributed by atoms with Gasteiger partial charge in [0.05, 0.1) is 12.2 Å². The summed E-state index contributed by atoms with van der Waals surface area (Å²) in [6.07, 6.45) is 5.38. The number of piperidine rings is 1. The zero-order valence-corrected chi connectivity index (χ0v) is 16.5. The van der Waals surface area contributed by atoms with Gasteiger partial charge in [-0.25, -0.2) is 9.97 Å².